The van der Waals surface area contributed by atoms with Crippen LogP contribution in [0, 0.1) is 17.8 Å². The maximum absolute atomic E-state index is 12.6. The number of fused-ring (bicyclic) bond motifs is 1. The molecule has 172 valence electrons. The second-order valence-electron chi connectivity index (χ2n) is 8.89. The number of carboxylic acid groups (broad SMARTS) is 1. The van der Waals surface area contributed by atoms with E-state index in [4.69, 9.17) is 0 Å². The second kappa shape index (κ2) is 10.1. The van der Waals surface area contributed by atoms with Gasteiger partial charge in [0.05, 0.1) is 23.9 Å². The number of hydrogen-bond acceptors (Lipinski definition) is 4. The van der Waals surface area contributed by atoms with Crippen LogP contribution in [0.15, 0.2) is 66.7 Å². The van der Waals surface area contributed by atoms with E-state index in [1.54, 1.807) is 0 Å². The Bertz CT molecular complexity index is 1000. The minimum atomic E-state index is -1.11. The maximum atomic E-state index is 12.6. The molecule has 6 heteroatoms. The minimum absolute atomic E-state index is 0.0322. The van der Waals surface area contributed by atoms with E-state index >= 15 is 0 Å². The van der Waals surface area contributed by atoms with Crippen LogP contribution in [0.4, 0.5) is 0 Å². The standard InChI is InChI=1S/C27H29NO5/c29-24(15-12-18-10-13-20(14-11-18)19-6-2-1-3-7-19)23(27(32)33)16-17-28-25(30)21-8-4-5-9-22(21)26(28)31/h1-7,10-11,13-14,21-24,29H,8-9,12,15-17H2,(H,32,33)/t21-,22+,23?,24?. The monoisotopic (exact) mass is 447 g/mol. The molecule has 1 saturated heterocycles. The van der Waals surface area contributed by atoms with Gasteiger partial charge in [0, 0.05) is 6.54 Å². The van der Waals surface area contributed by atoms with E-state index in [0.717, 1.165) is 16.7 Å². The van der Waals surface area contributed by atoms with Crippen molar-refractivity contribution in [2.24, 2.45) is 17.8 Å². The van der Waals surface area contributed by atoms with Gasteiger partial charge >= 0.3 is 5.97 Å². The molecule has 0 saturated carbocycles. The molecule has 0 aromatic heterocycles. The summed E-state index contributed by atoms with van der Waals surface area (Å²) in [5, 5.41) is 20.3. The number of carboxylic acids is 1. The number of aryl methyl sites for hydroxylation is 1. The van der Waals surface area contributed by atoms with Crippen molar-refractivity contribution in [3.8, 4) is 11.1 Å². The molecule has 2 aliphatic rings. The van der Waals surface area contributed by atoms with Gasteiger partial charge in [-0.2, -0.15) is 0 Å². The highest BCUT2D eigenvalue weighted by Gasteiger charge is 2.47. The Labute approximate surface area is 193 Å². The topological polar surface area (TPSA) is 94.9 Å². The molecule has 1 aliphatic carbocycles. The van der Waals surface area contributed by atoms with E-state index in [9.17, 15) is 24.6 Å². The Morgan fingerprint density at radius 3 is 2.03 bits per heavy atom. The summed E-state index contributed by atoms with van der Waals surface area (Å²) in [6, 6.07) is 18.0. The molecule has 4 rings (SSSR count). The van der Waals surface area contributed by atoms with Gasteiger partial charge in [0.25, 0.3) is 0 Å². The van der Waals surface area contributed by atoms with Gasteiger partial charge in [-0.05, 0) is 48.8 Å². The first kappa shape index (κ1) is 22.9. The van der Waals surface area contributed by atoms with Gasteiger partial charge in [-0.15, -0.1) is 0 Å². The van der Waals surface area contributed by atoms with Crippen LogP contribution in [0.1, 0.15) is 31.2 Å². The van der Waals surface area contributed by atoms with Crippen LogP contribution in [0.25, 0.3) is 11.1 Å². The number of benzene rings is 2. The fourth-order valence-electron chi connectivity index (χ4n) is 4.85. The lowest BCUT2D eigenvalue weighted by molar-refractivity contribution is -0.148. The number of aliphatic hydroxyl groups excluding tert-OH is 1. The van der Waals surface area contributed by atoms with Gasteiger partial charge in [0.2, 0.25) is 11.8 Å². The number of amides is 2. The molecule has 2 aromatic carbocycles. The van der Waals surface area contributed by atoms with Crippen LogP contribution in [-0.4, -0.2) is 45.5 Å². The Hall–Kier alpha value is -3.25. The fourth-order valence-corrected chi connectivity index (χ4v) is 4.85. The molecule has 1 heterocycles. The molecule has 2 aromatic rings. The number of rotatable bonds is 9. The number of aliphatic carboxylic acids is 1. The normalized spacial score (nSPS) is 21.7. The van der Waals surface area contributed by atoms with E-state index in [1.165, 1.54) is 4.90 Å². The van der Waals surface area contributed by atoms with Gasteiger partial charge in [-0.1, -0.05) is 66.7 Å². The zero-order chi connectivity index (χ0) is 23.4. The molecule has 1 fully saturated rings. The summed E-state index contributed by atoms with van der Waals surface area (Å²) in [5.74, 6) is -3.22. The largest absolute Gasteiger partial charge is 0.481 e. The van der Waals surface area contributed by atoms with Gasteiger partial charge < -0.3 is 10.2 Å². The Morgan fingerprint density at radius 2 is 1.45 bits per heavy atom. The van der Waals surface area contributed by atoms with E-state index in [-0.39, 0.29) is 36.6 Å². The van der Waals surface area contributed by atoms with Crippen molar-refractivity contribution >= 4 is 17.8 Å². The summed E-state index contributed by atoms with van der Waals surface area (Å²) in [6.45, 7) is 0.0322. The Kier molecular flexibility index (Phi) is 7.04. The number of hydrogen-bond donors (Lipinski definition) is 2. The maximum Gasteiger partial charge on any atom is 0.309 e. The van der Waals surface area contributed by atoms with E-state index in [1.807, 2.05) is 66.7 Å². The number of imide groups is 1. The van der Waals surface area contributed by atoms with Crippen LogP contribution < -0.4 is 0 Å². The van der Waals surface area contributed by atoms with Crippen LogP contribution in [0.5, 0.6) is 0 Å². The van der Waals surface area contributed by atoms with Crippen molar-refractivity contribution in [2.45, 2.75) is 38.2 Å². The molecule has 0 bridgehead atoms. The summed E-state index contributed by atoms with van der Waals surface area (Å²) in [7, 11) is 0. The molecule has 2 unspecified atom stereocenters. The summed E-state index contributed by atoms with van der Waals surface area (Å²) in [5.41, 5.74) is 3.23. The highest BCUT2D eigenvalue weighted by molar-refractivity contribution is 6.05. The SMILES string of the molecule is O=C(O)C(CCN1C(=O)[C@H]2CC=CC[C@H]2C1=O)C(O)CCc1ccc(-c2ccccc2)cc1. The predicted molar refractivity (Wildman–Crippen MR) is 124 cm³/mol. The molecule has 0 spiro atoms. The summed E-state index contributed by atoms with van der Waals surface area (Å²) in [4.78, 5) is 38.2. The number of carbonyl (C=O) groups excluding carboxylic acids is 2. The first-order valence-electron chi connectivity index (χ1n) is 11.5. The Morgan fingerprint density at radius 1 is 0.879 bits per heavy atom. The lowest BCUT2D eigenvalue weighted by Gasteiger charge is -2.22. The smallest absolute Gasteiger partial charge is 0.309 e. The second-order valence-corrected chi connectivity index (χ2v) is 8.89. The molecule has 2 N–H and O–H groups in total. The Balaban J connectivity index is 1.32. The zero-order valence-corrected chi connectivity index (χ0v) is 18.5. The molecule has 33 heavy (non-hydrogen) atoms. The van der Waals surface area contributed by atoms with Crippen molar-refractivity contribution < 1.29 is 24.6 Å². The number of nitrogens with zero attached hydrogens (tertiary/aromatic N) is 1. The molecule has 1 aliphatic heterocycles. The molecule has 6 nitrogen and oxygen atoms in total. The zero-order valence-electron chi connectivity index (χ0n) is 18.5. The third kappa shape index (κ3) is 5.06. The average molecular weight is 448 g/mol. The van der Waals surface area contributed by atoms with Crippen molar-refractivity contribution in [3.05, 3.63) is 72.3 Å². The third-order valence-corrected chi connectivity index (χ3v) is 6.83. The number of likely N-dealkylation sites (tertiary alicyclic amines) is 1. The van der Waals surface area contributed by atoms with Crippen molar-refractivity contribution in [1.29, 1.82) is 0 Å². The van der Waals surface area contributed by atoms with Crippen molar-refractivity contribution in [2.75, 3.05) is 6.54 Å². The van der Waals surface area contributed by atoms with E-state index in [2.05, 4.69) is 0 Å². The fraction of sp³-hybridized carbons (Fsp3) is 0.370. The molecular formula is C27H29NO5. The highest BCUT2D eigenvalue weighted by Crippen LogP contribution is 2.35. The molecular weight excluding hydrogens is 418 g/mol. The average Bonchev–Trinajstić information content (AvgIpc) is 3.08. The first-order valence-corrected chi connectivity index (χ1v) is 11.5. The van der Waals surface area contributed by atoms with Crippen LogP contribution in [0.3, 0.4) is 0 Å². The minimum Gasteiger partial charge on any atom is -0.481 e. The lowest BCUT2D eigenvalue weighted by atomic mass is 9.85. The van der Waals surface area contributed by atoms with Gasteiger partial charge in [-0.25, -0.2) is 0 Å². The van der Waals surface area contributed by atoms with Gasteiger partial charge in [0.15, 0.2) is 0 Å². The van der Waals surface area contributed by atoms with E-state index in [0.29, 0.717) is 25.7 Å². The predicted octanol–water partition coefficient (Wildman–Crippen LogP) is 3.69. The van der Waals surface area contributed by atoms with E-state index < -0.39 is 18.0 Å². The number of allylic oxidation sites excluding steroid dienone is 2. The molecule has 2 amide bonds. The summed E-state index contributed by atoms with van der Waals surface area (Å²) in [6.07, 6.45) is 4.77. The van der Waals surface area contributed by atoms with Gasteiger partial charge in [-0.3, -0.25) is 19.3 Å². The van der Waals surface area contributed by atoms with Crippen LogP contribution in [0.2, 0.25) is 0 Å². The summed E-state index contributed by atoms with van der Waals surface area (Å²) < 4.78 is 0. The van der Waals surface area contributed by atoms with Crippen molar-refractivity contribution in [3.63, 3.8) is 0 Å². The number of carbonyl (C=O) groups is 3. The first-order chi connectivity index (χ1) is 16.0. The summed E-state index contributed by atoms with van der Waals surface area (Å²) >= 11 is 0. The third-order valence-electron chi connectivity index (χ3n) is 6.83. The highest BCUT2D eigenvalue weighted by atomic mass is 16.4. The number of aliphatic hydroxyl groups is 1. The van der Waals surface area contributed by atoms with Crippen molar-refractivity contribution in [1.82, 2.24) is 4.90 Å². The molecule has 4 atom stereocenters. The lowest BCUT2D eigenvalue weighted by Crippen LogP contribution is -2.37. The van der Waals surface area contributed by atoms with Crippen LogP contribution in [-0.2, 0) is 20.8 Å². The van der Waals surface area contributed by atoms with Gasteiger partial charge in [0.1, 0.15) is 0 Å². The van der Waals surface area contributed by atoms with Crippen LogP contribution >= 0.6 is 0 Å². The molecule has 0 radical (unpaired) electrons. The quantitative estimate of drug-likeness (QED) is 0.452.